The molecule has 0 radical (unpaired) electrons. The van der Waals surface area contributed by atoms with E-state index >= 15 is 0 Å². The largest absolute Gasteiger partial charge is 0.491 e. The molecule has 2 rings (SSSR count). The Balaban J connectivity index is 2.01. The van der Waals surface area contributed by atoms with Crippen LogP contribution in [0, 0.1) is 0 Å². The summed E-state index contributed by atoms with van der Waals surface area (Å²) in [6.07, 6.45) is 1.07. The SMILES string of the molecule is C=CCNC(=O)C(C)Oc1ccc2c(c1)OCC2NC. The number of hydrogen-bond donors (Lipinski definition) is 2. The van der Waals surface area contributed by atoms with Gasteiger partial charge in [-0.1, -0.05) is 6.08 Å². The molecule has 0 spiro atoms. The minimum absolute atomic E-state index is 0.167. The quantitative estimate of drug-likeness (QED) is 0.771. The van der Waals surface area contributed by atoms with Crippen molar-refractivity contribution in [1.29, 1.82) is 0 Å². The van der Waals surface area contributed by atoms with Crippen molar-refractivity contribution in [2.75, 3.05) is 20.2 Å². The first-order valence-corrected chi connectivity index (χ1v) is 6.65. The number of carbonyl (C=O) groups is 1. The number of rotatable bonds is 6. The van der Waals surface area contributed by atoms with Crippen LogP contribution in [0.1, 0.15) is 18.5 Å². The fraction of sp³-hybridized carbons (Fsp3) is 0.400. The van der Waals surface area contributed by atoms with Crippen LogP contribution >= 0.6 is 0 Å². The van der Waals surface area contributed by atoms with Gasteiger partial charge in [-0.25, -0.2) is 0 Å². The summed E-state index contributed by atoms with van der Waals surface area (Å²) in [4.78, 5) is 11.7. The Kier molecular flexibility index (Phi) is 4.63. The summed E-state index contributed by atoms with van der Waals surface area (Å²) in [5, 5.41) is 5.88. The van der Waals surface area contributed by atoms with Crippen molar-refractivity contribution in [2.45, 2.75) is 19.1 Å². The van der Waals surface area contributed by atoms with Crippen molar-refractivity contribution in [3.05, 3.63) is 36.4 Å². The van der Waals surface area contributed by atoms with Crippen molar-refractivity contribution in [3.63, 3.8) is 0 Å². The van der Waals surface area contributed by atoms with Gasteiger partial charge < -0.3 is 20.1 Å². The second-order valence-electron chi connectivity index (χ2n) is 4.65. The molecule has 1 amide bonds. The number of amides is 1. The summed E-state index contributed by atoms with van der Waals surface area (Å²) in [6, 6.07) is 5.86. The lowest BCUT2D eigenvalue weighted by atomic mass is 10.1. The molecule has 2 N–H and O–H groups in total. The zero-order valence-corrected chi connectivity index (χ0v) is 11.8. The maximum atomic E-state index is 11.7. The average molecular weight is 276 g/mol. The third-order valence-corrected chi connectivity index (χ3v) is 3.22. The second kappa shape index (κ2) is 6.43. The second-order valence-corrected chi connectivity index (χ2v) is 4.65. The summed E-state index contributed by atoms with van der Waals surface area (Å²) in [5.41, 5.74) is 1.11. The molecule has 20 heavy (non-hydrogen) atoms. The molecule has 2 unspecified atom stereocenters. The van der Waals surface area contributed by atoms with Crippen molar-refractivity contribution in [3.8, 4) is 11.5 Å². The topological polar surface area (TPSA) is 59.6 Å². The van der Waals surface area contributed by atoms with E-state index in [1.54, 1.807) is 13.0 Å². The Bertz CT molecular complexity index is 502. The number of hydrogen-bond acceptors (Lipinski definition) is 4. The summed E-state index contributed by atoms with van der Waals surface area (Å²) in [6.45, 7) is 6.31. The first-order valence-electron chi connectivity index (χ1n) is 6.65. The molecule has 0 aliphatic carbocycles. The van der Waals surface area contributed by atoms with Gasteiger partial charge in [0.2, 0.25) is 0 Å². The molecular weight excluding hydrogens is 256 g/mol. The molecule has 0 saturated carbocycles. The fourth-order valence-electron chi connectivity index (χ4n) is 2.08. The number of fused-ring (bicyclic) bond motifs is 1. The fourth-order valence-corrected chi connectivity index (χ4v) is 2.08. The van der Waals surface area contributed by atoms with Crippen LogP contribution in [0.4, 0.5) is 0 Å². The molecular formula is C15H20N2O3. The molecule has 2 atom stereocenters. The van der Waals surface area contributed by atoms with Crippen LogP contribution in [-0.4, -0.2) is 32.2 Å². The maximum absolute atomic E-state index is 11.7. The molecule has 1 aromatic rings. The lowest BCUT2D eigenvalue weighted by Crippen LogP contribution is -2.36. The van der Waals surface area contributed by atoms with Crippen LogP contribution in [-0.2, 0) is 4.79 Å². The zero-order valence-electron chi connectivity index (χ0n) is 11.8. The minimum Gasteiger partial charge on any atom is -0.491 e. The van der Waals surface area contributed by atoms with E-state index in [-0.39, 0.29) is 11.9 Å². The zero-order chi connectivity index (χ0) is 14.5. The Labute approximate surface area is 119 Å². The summed E-state index contributed by atoms with van der Waals surface area (Å²) in [7, 11) is 1.90. The lowest BCUT2D eigenvalue weighted by molar-refractivity contribution is -0.127. The van der Waals surface area contributed by atoms with E-state index in [1.165, 1.54) is 0 Å². The minimum atomic E-state index is -0.561. The third kappa shape index (κ3) is 3.11. The van der Waals surface area contributed by atoms with E-state index < -0.39 is 6.10 Å². The van der Waals surface area contributed by atoms with Crippen LogP contribution in [0.2, 0.25) is 0 Å². The molecule has 0 aromatic heterocycles. The Morgan fingerprint density at radius 2 is 2.45 bits per heavy atom. The van der Waals surface area contributed by atoms with Gasteiger partial charge in [0.1, 0.15) is 18.1 Å². The molecule has 5 nitrogen and oxygen atoms in total. The third-order valence-electron chi connectivity index (χ3n) is 3.22. The van der Waals surface area contributed by atoms with Crippen LogP contribution in [0.25, 0.3) is 0 Å². The number of likely N-dealkylation sites (N-methyl/N-ethyl adjacent to an activating group) is 1. The number of nitrogens with one attached hydrogen (secondary N) is 2. The van der Waals surface area contributed by atoms with Gasteiger partial charge in [0.25, 0.3) is 5.91 Å². The van der Waals surface area contributed by atoms with Gasteiger partial charge in [0.15, 0.2) is 6.10 Å². The molecule has 0 bridgehead atoms. The van der Waals surface area contributed by atoms with Crippen LogP contribution in [0.3, 0.4) is 0 Å². The van der Waals surface area contributed by atoms with Crippen molar-refractivity contribution in [2.24, 2.45) is 0 Å². The van der Waals surface area contributed by atoms with Crippen molar-refractivity contribution in [1.82, 2.24) is 10.6 Å². The van der Waals surface area contributed by atoms with Gasteiger partial charge in [-0.3, -0.25) is 4.79 Å². The normalized spacial score (nSPS) is 17.8. The summed E-state index contributed by atoms with van der Waals surface area (Å²) >= 11 is 0. The van der Waals surface area contributed by atoms with E-state index in [1.807, 2.05) is 25.2 Å². The summed E-state index contributed by atoms with van der Waals surface area (Å²) in [5.74, 6) is 1.27. The lowest BCUT2D eigenvalue weighted by Gasteiger charge is -2.15. The molecule has 1 heterocycles. The molecule has 0 fully saturated rings. The van der Waals surface area contributed by atoms with E-state index in [0.29, 0.717) is 18.9 Å². The molecule has 1 aliphatic heterocycles. The van der Waals surface area contributed by atoms with Gasteiger partial charge >= 0.3 is 0 Å². The summed E-state index contributed by atoms with van der Waals surface area (Å²) < 4.78 is 11.2. The van der Waals surface area contributed by atoms with E-state index in [4.69, 9.17) is 9.47 Å². The van der Waals surface area contributed by atoms with E-state index in [2.05, 4.69) is 17.2 Å². The predicted octanol–water partition coefficient (Wildman–Crippen LogP) is 1.41. The van der Waals surface area contributed by atoms with Crippen molar-refractivity contribution >= 4 is 5.91 Å². The van der Waals surface area contributed by atoms with E-state index in [9.17, 15) is 4.79 Å². The number of ether oxygens (including phenoxy) is 2. The first-order chi connectivity index (χ1) is 9.65. The van der Waals surface area contributed by atoms with Crippen LogP contribution in [0.15, 0.2) is 30.9 Å². The number of benzene rings is 1. The predicted molar refractivity (Wildman–Crippen MR) is 77.0 cm³/mol. The van der Waals surface area contributed by atoms with Gasteiger partial charge in [0.05, 0.1) is 6.04 Å². The Morgan fingerprint density at radius 1 is 1.65 bits per heavy atom. The van der Waals surface area contributed by atoms with Crippen molar-refractivity contribution < 1.29 is 14.3 Å². The molecule has 108 valence electrons. The highest BCUT2D eigenvalue weighted by Gasteiger charge is 2.23. The standard InChI is InChI=1S/C15H20N2O3/c1-4-7-17-15(18)10(2)20-11-5-6-12-13(16-3)9-19-14(12)8-11/h4-6,8,10,13,16H,1,7,9H2,2-3H3,(H,17,18). The van der Waals surface area contributed by atoms with Gasteiger partial charge in [-0.15, -0.1) is 6.58 Å². The smallest absolute Gasteiger partial charge is 0.261 e. The van der Waals surface area contributed by atoms with Gasteiger partial charge in [0, 0.05) is 18.2 Å². The first kappa shape index (κ1) is 14.4. The van der Waals surface area contributed by atoms with E-state index in [0.717, 1.165) is 11.3 Å². The molecule has 0 saturated heterocycles. The molecule has 1 aromatic carbocycles. The number of carbonyl (C=O) groups excluding carboxylic acids is 1. The molecule has 5 heteroatoms. The van der Waals surface area contributed by atoms with Crippen LogP contribution < -0.4 is 20.1 Å². The Morgan fingerprint density at radius 3 is 3.15 bits per heavy atom. The van der Waals surface area contributed by atoms with Gasteiger partial charge in [-0.2, -0.15) is 0 Å². The van der Waals surface area contributed by atoms with Gasteiger partial charge in [-0.05, 0) is 26.1 Å². The highest BCUT2D eigenvalue weighted by molar-refractivity contribution is 5.80. The maximum Gasteiger partial charge on any atom is 0.261 e. The highest BCUT2D eigenvalue weighted by Crippen LogP contribution is 2.35. The monoisotopic (exact) mass is 276 g/mol. The Hall–Kier alpha value is -2.01. The average Bonchev–Trinajstić information content (AvgIpc) is 2.86. The molecule has 1 aliphatic rings. The highest BCUT2D eigenvalue weighted by atomic mass is 16.5. The van der Waals surface area contributed by atoms with Crippen LogP contribution in [0.5, 0.6) is 11.5 Å².